The third kappa shape index (κ3) is 4.69. The topological polar surface area (TPSA) is 37.0 Å². The van der Waals surface area contributed by atoms with Gasteiger partial charge in [0.25, 0.3) is 0 Å². The predicted octanol–water partition coefficient (Wildman–Crippen LogP) is 1.54. The minimum Gasteiger partial charge on any atom is -0.315 e. The number of nitrogens with one attached hydrogen (secondary N) is 2. The Bertz CT molecular complexity index is 247. The second-order valence-corrected chi connectivity index (χ2v) is 4.59. The highest BCUT2D eigenvalue weighted by Gasteiger charge is 1.96. The monoisotopic (exact) mass is 213 g/mol. The van der Waals surface area contributed by atoms with Gasteiger partial charge in [-0.05, 0) is 19.9 Å². The highest BCUT2D eigenvalue weighted by Crippen LogP contribution is 2.10. The number of hydrogen-bond acceptors (Lipinski definition) is 4. The van der Waals surface area contributed by atoms with Crippen LogP contribution in [0.4, 0.5) is 0 Å². The van der Waals surface area contributed by atoms with Crippen molar-refractivity contribution >= 4 is 11.3 Å². The van der Waals surface area contributed by atoms with Crippen molar-refractivity contribution in [3.8, 4) is 0 Å². The summed E-state index contributed by atoms with van der Waals surface area (Å²) in [6, 6.07) is 0. The molecule has 0 aromatic carbocycles. The van der Waals surface area contributed by atoms with Crippen molar-refractivity contribution in [2.24, 2.45) is 0 Å². The summed E-state index contributed by atoms with van der Waals surface area (Å²) < 4.78 is 0. The van der Waals surface area contributed by atoms with Crippen LogP contribution < -0.4 is 10.6 Å². The van der Waals surface area contributed by atoms with Crippen molar-refractivity contribution in [2.75, 3.05) is 19.6 Å². The molecule has 0 saturated heterocycles. The molecule has 1 rings (SSSR count). The van der Waals surface area contributed by atoms with Crippen LogP contribution in [0.15, 0.2) is 6.20 Å². The minimum absolute atomic E-state index is 0.944. The molecule has 80 valence electrons. The number of nitrogens with zero attached hydrogens (tertiary/aromatic N) is 1. The Morgan fingerprint density at radius 2 is 2.07 bits per heavy atom. The maximum absolute atomic E-state index is 4.21. The van der Waals surface area contributed by atoms with E-state index in [4.69, 9.17) is 0 Å². The normalized spacial score (nSPS) is 10.7. The van der Waals surface area contributed by atoms with E-state index >= 15 is 0 Å². The summed E-state index contributed by atoms with van der Waals surface area (Å²) in [4.78, 5) is 5.53. The van der Waals surface area contributed by atoms with Crippen LogP contribution in [0, 0.1) is 6.92 Å². The molecule has 3 nitrogen and oxygen atoms in total. The van der Waals surface area contributed by atoms with Crippen molar-refractivity contribution < 1.29 is 0 Å². The quantitative estimate of drug-likeness (QED) is 0.675. The highest BCUT2D eigenvalue weighted by atomic mass is 32.1. The molecule has 2 N–H and O–H groups in total. The van der Waals surface area contributed by atoms with Gasteiger partial charge in [0.2, 0.25) is 0 Å². The van der Waals surface area contributed by atoms with Crippen LogP contribution >= 0.6 is 11.3 Å². The molecular formula is C10H19N3S. The summed E-state index contributed by atoms with van der Waals surface area (Å²) in [5.74, 6) is 0. The molecule has 0 saturated carbocycles. The average molecular weight is 213 g/mol. The van der Waals surface area contributed by atoms with Crippen LogP contribution in [0.1, 0.15) is 23.2 Å². The lowest BCUT2D eigenvalue weighted by molar-refractivity contribution is 0.609. The fourth-order valence-electron chi connectivity index (χ4n) is 1.18. The van der Waals surface area contributed by atoms with Gasteiger partial charge in [-0.2, -0.15) is 0 Å². The smallest absolute Gasteiger partial charge is 0.0897 e. The van der Waals surface area contributed by atoms with Gasteiger partial charge in [-0.25, -0.2) is 4.98 Å². The third-order valence-electron chi connectivity index (χ3n) is 1.87. The zero-order chi connectivity index (χ0) is 10.2. The zero-order valence-corrected chi connectivity index (χ0v) is 9.78. The predicted molar refractivity (Wildman–Crippen MR) is 61.7 cm³/mol. The van der Waals surface area contributed by atoms with Crippen molar-refractivity contribution in [1.82, 2.24) is 15.6 Å². The number of aromatic nitrogens is 1. The Labute approximate surface area is 89.9 Å². The number of aryl methyl sites for hydroxylation is 1. The Kier molecular flexibility index (Phi) is 5.75. The molecule has 0 aliphatic heterocycles. The van der Waals surface area contributed by atoms with Gasteiger partial charge in [0, 0.05) is 30.7 Å². The summed E-state index contributed by atoms with van der Waals surface area (Å²) >= 11 is 1.76. The van der Waals surface area contributed by atoms with E-state index in [9.17, 15) is 0 Å². The molecule has 0 bridgehead atoms. The van der Waals surface area contributed by atoms with Gasteiger partial charge >= 0.3 is 0 Å². The van der Waals surface area contributed by atoms with Crippen LogP contribution in [0.2, 0.25) is 0 Å². The summed E-state index contributed by atoms with van der Waals surface area (Å²) in [5, 5.41) is 7.88. The summed E-state index contributed by atoms with van der Waals surface area (Å²) in [7, 11) is 0. The molecule has 1 heterocycles. The number of hydrogen-bond donors (Lipinski definition) is 2. The van der Waals surface area contributed by atoms with E-state index in [1.165, 1.54) is 11.3 Å². The van der Waals surface area contributed by atoms with Crippen molar-refractivity contribution in [3.63, 3.8) is 0 Å². The third-order valence-corrected chi connectivity index (χ3v) is 2.79. The lowest BCUT2D eigenvalue weighted by Crippen LogP contribution is -2.27. The van der Waals surface area contributed by atoms with Crippen molar-refractivity contribution in [2.45, 2.75) is 26.8 Å². The molecule has 0 atom stereocenters. The number of thiazole rings is 1. The first-order valence-electron chi connectivity index (χ1n) is 5.15. The first-order valence-corrected chi connectivity index (χ1v) is 5.97. The van der Waals surface area contributed by atoms with Crippen molar-refractivity contribution in [1.29, 1.82) is 0 Å². The molecular weight excluding hydrogens is 194 g/mol. The van der Waals surface area contributed by atoms with Crippen LogP contribution in [-0.4, -0.2) is 24.6 Å². The molecule has 0 amide bonds. The molecule has 0 radical (unpaired) electrons. The summed E-state index contributed by atoms with van der Waals surface area (Å²) in [6.45, 7) is 8.35. The van der Waals surface area contributed by atoms with Gasteiger partial charge in [0.1, 0.15) is 0 Å². The molecule has 14 heavy (non-hydrogen) atoms. The van der Waals surface area contributed by atoms with E-state index in [2.05, 4.69) is 22.5 Å². The molecule has 0 unspecified atom stereocenters. The van der Waals surface area contributed by atoms with Crippen molar-refractivity contribution in [3.05, 3.63) is 16.1 Å². The zero-order valence-electron chi connectivity index (χ0n) is 8.97. The van der Waals surface area contributed by atoms with Gasteiger partial charge in [-0.3, -0.25) is 0 Å². The minimum atomic E-state index is 0.944. The molecule has 4 heteroatoms. The molecule has 0 aliphatic rings. The molecule has 0 fully saturated rings. The molecule has 0 spiro atoms. The van der Waals surface area contributed by atoms with Crippen LogP contribution in [-0.2, 0) is 6.54 Å². The van der Waals surface area contributed by atoms with Gasteiger partial charge in [-0.15, -0.1) is 11.3 Å². The Balaban J connectivity index is 1.99. The maximum atomic E-state index is 4.21. The standard InChI is InChI=1S/C10H19N3S/c1-3-4-11-5-6-12-7-10-8-13-9(2)14-10/h8,11-12H,3-7H2,1-2H3. The average Bonchev–Trinajstić information content (AvgIpc) is 2.58. The van der Waals surface area contributed by atoms with E-state index in [1.807, 2.05) is 13.1 Å². The molecule has 0 aliphatic carbocycles. The lowest BCUT2D eigenvalue weighted by Gasteiger charge is -2.03. The van der Waals surface area contributed by atoms with Crippen LogP contribution in [0.5, 0.6) is 0 Å². The van der Waals surface area contributed by atoms with E-state index in [0.717, 1.165) is 31.2 Å². The SMILES string of the molecule is CCCNCCNCc1cnc(C)s1. The number of rotatable bonds is 7. The summed E-state index contributed by atoms with van der Waals surface area (Å²) in [5.41, 5.74) is 0. The first-order chi connectivity index (χ1) is 6.83. The first kappa shape index (κ1) is 11.6. The summed E-state index contributed by atoms with van der Waals surface area (Å²) in [6.07, 6.45) is 3.15. The Morgan fingerprint density at radius 1 is 1.29 bits per heavy atom. The van der Waals surface area contributed by atoms with Gasteiger partial charge in [-0.1, -0.05) is 6.92 Å². The second kappa shape index (κ2) is 6.92. The Hall–Kier alpha value is -0.450. The molecule has 1 aromatic rings. The van der Waals surface area contributed by atoms with Gasteiger partial charge in [0.05, 0.1) is 5.01 Å². The highest BCUT2D eigenvalue weighted by molar-refractivity contribution is 7.11. The lowest BCUT2D eigenvalue weighted by atomic mass is 10.4. The molecule has 1 aromatic heterocycles. The van der Waals surface area contributed by atoms with E-state index < -0.39 is 0 Å². The van der Waals surface area contributed by atoms with E-state index in [1.54, 1.807) is 11.3 Å². The van der Waals surface area contributed by atoms with E-state index in [-0.39, 0.29) is 0 Å². The van der Waals surface area contributed by atoms with Gasteiger partial charge < -0.3 is 10.6 Å². The largest absolute Gasteiger partial charge is 0.315 e. The van der Waals surface area contributed by atoms with E-state index in [0.29, 0.717) is 0 Å². The Morgan fingerprint density at radius 3 is 2.71 bits per heavy atom. The maximum Gasteiger partial charge on any atom is 0.0897 e. The van der Waals surface area contributed by atoms with Crippen LogP contribution in [0.3, 0.4) is 0 Å². The second-order valence-electron chi connectivity index (χ2n) is 3.27. The van der Waals surface area contributed by atoms with Gasteiger partial charge in [0.15, 0.2) is 0 Å². The fraction of sp³-hybridized carbons (Fsp3) is 0.700. The van der Waals surface area contributed by atoms with Crippen LogP contribution in [0.25, 0.3) is 0 Å². The fourth-order valence-corrected chi connectivity index (χ4v) is 1.94.